The molecule has 1 amide bonds. The Kier molecular flexibility index (Phi) is 6.15. The molecule has 0 heterocycles. The normalized spacial score (nSPS) is 12.1. The van der Waals surface area contributed by atoms with E-state index in [1.807, 2.05) is 38.1 Å². The monoisotopic (exact) mass is 265 g/mol. The lowest BCUT2D eigenvalue weighted by Gasteiger charge is -2.20. The first kappa shape index (κ1) is 15.3. The Bertz CT molecular complexity index is 407. The SMILES string of the molecule is COc1ccccc1NC(CN)CC(=O)NC(C)C. The Morgan fingerprint density at radius 3 is 2.63 bits per heavy atom. The molecule has 0 bridgehead atoms. The second kappa shape index (κ2) is 7.63. The van der Waals surface area contributed by atoms with Crippen LogP contribution in [0.1, 0.15) is 20.3 Å². The lowest BCUT2D eigenvalue weighted by Crippen LogP contribution is -2.38. The van der Waals surface area contributed by atoms with Gasteiger partial charge in [-0.2, -0.15) is 0 Å². The first-order valence-electron chi connectivity index (χ1n) is 6.45. The Hall–Kier alpha value is -1.75. The third-order valence-electron chi connectivity index (χ3n) is 2.63. The summed E-state index contributed by atoms with van der Waals surface area (Å²) >= 11 is 0. The second-order valence-corrected chi connectivity index (χ2v) is 4.70. The molecule has 0 fully saturated rings. The molecule has 5 nitrogen and oxygen atoms in total. The Morgan fingerprint density at radius 1 is 1.37 bits per heavy atom. The van der Waals surface area contributed by atoms with E-state index in [1.54, 1.807) is 7.11 Å². The zero-order valence-corrected chi connectivity index (χ0v) is 11.8. The van der Waals surface area contributed by atoms with Crippen molar-refractivity contribution < 1.29 is 9.53 Å². The van der Waals surface area contributed by atoms with Gasteiger partial charge >= 0.3 is 0 Å². The minimum absolute atomic E-state index is 0.00662. The predicted octanol–water partition coefficient (Wildman–Crippen LogP) is 1.35. The van der Waals surface area contributed by atoms with E-state index in [1.165, 1.54) is 0 Å². The van der Waals surface area contributed by atoms with Crippen LogP contribution in [0.15, 0.2) is 24.3 Å². The summed E-state index contributed by atoms with van der Waals surface area (Å²) in [6, 6.07) is 7.60. The number of hydrogen-bond donors (Lipinski definition) is 3. The Labute approximate surface area is 114 Å². The number of rotatable bonds is 7. The molecule has 0 aliphatic rings. The maximum atomic E-state index is 11.7. The van der Waals surface area contributed by atoms with Gasteiger partial charge in [-0.25, -0.2) is 0 Å². The van der Waals surface area contributed by atoms with Gasteiger partial charge in [0.25, 0.3) is 0 Å². The molecule has 1 rings (SSSR count). The van der Waals surface area contributed by atoms with Gasteiger partial charge in [-0.05, 0) is 26.0 Å². The molecule has 1 unspecified atom stereocenters. The highest BCUT2D eigenvalue weighted by molar-refractivity contribution is 5.77. The molecule has 106 valence electrons. The summed E-state index contributed by atoms with van der Waals surface area (Å²) in [4.78, 5) is 11.7. The zero-order valence-electron chi connectivity index (χ0n) is 11.8. The summed E-state index contributed by atoms with van der Waals surface area (Å²) in [6.45, 7) is 4.25. The summed E-state index contributed by atoms with van der Waals surface area (Å²) in [5, 5.41) is 6.10. The van der Waals surface area contributed by atoms with Crippen LogP contribution in [0.5, 0.6) is 5.75 Å². The minimum atomic E-state index is -0.116. The number of ether oxygens (including phenoxy) is 1. The number of nitrogens with one attached hydrogen (secondary N) is 2. The lowest BCUT2D eigenvalue weighted by atomic mass is 10.1. The van der Waals surface area contributed by atoms with Crippen molar-refractivity contribution >= 4 is 11.6 Å². The molecule has 0 radical (unpaired) electrons. The molecule has 19 heavy (non-hydrogen) atoms. The Balaban J connectivity index is 2.63. The number of carbonyl (C=O) groups is 1. The van der Waals surface area contributed by atoms with Gasteiger partial charge in [0.2, 0.25) is 5.91 Å². The molecule has 0 saturated carbocycles. The number of anilines is 1. The highest BCUT2D eigenvalue weighted by atomic mass is 16.5. The summed E-state index contributed by atoms with van der Waals surface area (Å²) in [7, 11) is 1.61. The molecule has 0 aliphatic carbocycles. The van der Waals surface area contributed by atoms with E-state index in [4.69, 9.17) is 10.5 Å². The van der Waals surface area contributed by atoms with E-state index < -0.39 is 0 Å². The molecule has 1 atom stereocenters. The van der Waals surface area contributed by atoms with Gasteiger partial charge in [0.15, 0.2) is 0 Å². The lowest BCUT2D eigenvalue weighted by molar-refractivity contribution is -0.121. The van der Waals surface area contributed by atoms with Crippen LogP contribution in [0.25, 0.3) is 0 Å². The van der Waals surface area contributed by atoms with Crippen LogP contribution in [-0.4, -0.2) is 31.6 Å². The molecular weight excluding hydrogens is 242 g/mol. The van der Waals surface area contributed by atoms with E-state index in [-0.39, 0.29) is 18.0 Å². The van der Waals surface area contributed by atoms with Crippen molar-refractivity contribution in [3.05, 3.63) is 24.3 Å². The van der Waals surface area contributed by atoms with Gasteiger partial charge in [0.1, 0.15) is 5.75 Å². The summed E-state index contributed by atoms with van der Waals surface area (Å²) < 4.78 is 5.26. The van der Waals surface area contributed by atoms with Crippen LogP contribution in [0, 0.1) is 0 Å². The Morgan fingerprint density at radius 2 is 2.05 bits per heavy atom. The number of hydrogen-bond acceptors (Lipinski definition) is 4. The van der Waals surface area contributed by atoms with Crippen molar-refractivity contribution in [2.45, 2.75) is 32.4 Å². The number of methoxy groups -OCH3 is 1. The minimum Gasteiger partial charge on any atom is -0.495 e. The van der Waals surface area contributed by atoms with Crippen molar-refractivity contribution in [3.8, 4) is 5.75 Å². The molecule has 1 aromatic carbocycles. The molecule has 1 aromatic rings. The van der Waals surface area contributed by atoms with Crippen molar-refractivity contribution in [3.63, 3.8) is 0 Å². The van der Waals surface area contributed by atoms with Crippen LogP contribution in [-0.2, 0) is 4.79 Å². The number of amides is 1. The summed E-state index contributed by atoms with van der Waals surface area (Å²) in [6.07, 6.45) is 0.340. The third-order valence-corrected chi connectivity index (χ3v) is 2.63. The van der Waals surface area contributed by atoms with Gasteiger partial charge < -0.3 is 21.1 Å². The van der Waals surface area contributed by atoms with Crippen LogP contribution in [0.4, 0.5) is 5.69 Å². The molecule has 0 saturated heterocycles. The number of carbonyl (C=O) groups excluding carboxylic acids is 1. The topological polar surface area (TPSA) is 76.4 Å². The first-order chi connectivity index (χ1) is 9.06. The predicted molar refractivity (Wildman–Crippen MR) is 77.4 cm³/mol. The van der Waals surface area contributed by atoms with Crippen molar-refractivity contribution in [2.75, 3.05) is 19.0 Å². The quantitative estimate of drug-likeness (QED) is 0.695. The molecule has 0 aromatic heterocycles. The molecule has 0 aliphatic heterocycles. The maximum absolute atomic E-state index is 11.7. The third kappa shape index (κ3) is 5.18. The maximum Gasteiger partial charge on any atom is 0.222 e. The molecule has 5 heteroatoms. The van der Waals surface area contributed by atoms with Crippen LogP contribution >= 0.6 is 0 Å². The average Bonchev–Trinajstić information content (AvgIpc) is 2.37. The van der Waals surface area contributed by atoms with E-state index in [0.29, 0.717) is 13.0 Å². The number of benzene rings is 1. The highest BCUT2D eigenvalue weighted by Crippen LogP contribution is 2.24. The highest BCUT2D eigenvalue weighted by Gasteiger charge is 2.14. The standard InChI is InChI=1S/C14H23N3O2/c1-10(2)16-14(18)8-11(9-15)17-12-6-4-5-7-13(12)19-3/h4-7,10-11,17H,8-9,15H2,1-3H3,(H,16,18). The van der Waals surface area contributed by atoms with Crippen molar-refractivity contribution in [1.29, 1.82) is 0 Å². The van der Waals surface area contributed by atoms with Gasteiger partial charge in [-0.3, -0.25) is 4.79 Å². The fourth-order valence-corrected chi connectivity index (χ4v) is 1.78. The van der Waals surface area contributed by atoms with E-state index >= 15 is 0 Å². The zero-order chi connectivity index (χ0) is 14.3. The number of nitrogens with two attached hydrogens (primary N) is 1. The fourth-order valence-electron chi connectivity index (χ4n) is 1.78. The van der Waals surface area contributed by atoms with Crippen LogP contribution in [0.3, 0.4) is 0 Å². The van der Waals surface area contributed by atoms with Crippen molar-refractivity contribution in [1.82, 2.24) is 5.32 Å². The van der Waals surface area contributed by atoms with Gasteiger partial charge in [0.05, 0.1) is 12.8 Å². The van der Waals surface area contributed by atoms with Crippen LogP contribution < -0.4 is 21.1 Å². The second-order valence-electron chi connectivity index (χ2n) is 4.70. The summed E-state index contributed by atoms with van der Waals surface area (Å²) in [5.41, 5.74) is 6.55. The first-order valence-corrected chi connectivity index (χ1v) is 6.45. The smallest absolute Gasteiger partial charge is 0.222 e. The molecular formula is C14H23N3O2. The largest absolute Gasteiger partial charge is 0.495 e. The van der Waals surface area contributed by atoms with Gasteiger partial charge in [-0.15, -0.1) is 0 Å². The molecule has 4 N–H and O–H groups in total. The average molecular weight is 265 g/mol. The fraction of sp³-hybridized carbons (Fsp3) is 0.500. The van der Waals surface area contributed by atoms with Crippen LogP contribution in [0.2, 0.25) is 0 Å². The van der Waals surface area contributed by atoms with E-state index in [9.17, 15) is 4.79 Å². The van der Waals surface area contributed by atoms with Gasteiger partial charge in [-0.1, -0.05) is 12.1 Å². The van der Waals surface area contributed by atoms with Crippen molar-refractivity contribution in [2.24, 2.45) is 5.73 Å². The van der Waals surface area contributed by atoms with Gasteiger partial charge in [0, 0.05) is 25.0 Å². The molecule has 0 spiro atoms. The van der Waals surface area contributed by atoms with E-state index in [0.717, 1.165) is 11.4 Å². The number of para-hydroxylation sites is 2. The summed E-state index contributed by atoms with van der Waals surface area (Å²) in [5.74, 6) is 0.734. The van der Waals surface area contributed by atoms with E-state index in [2.05, 4.69) is 10.6 Å².